The average molecular weight is 508 g/mol. The van der Waals surface area contributed by atoms with Gasteiger partial charge in [0.1, 0.15) is 10.6 Å². The van der Waals surface area contributed by atoms with Gasteiger partial charge >= 0.3 is 5.97 Å². The van der Waals surface area contributed by atoms with Gasteiger partial charge in [-0.3, -0.25) is 4.79 Å². The maximum Gasteiger partial charge on any atom is 0.341 e. The van der Waals surface area contributed by atoms with Crippen LogP contribution in [0.1, 0.15) is 23.7 Å². The number of carbonyl (C=O) groups excluding carboxylic acids is 2. The van der Waals surface area contributed by atoms with Gasteiger partial charge in [0.25, 0.3) is 0 Å². The quantitative estimate of drug-likeness (QED) is 0.427. The van der Waals surface area contributed by atoms with Gasteiger partial charge in [0.2, 0.25) is 5.91 Å². The van der Waals surface area contributed by atoms with Crippen molar-refractivity contribution in [2.24, 2.45) is 5.41 Å². The molecule has 1 amide bonds. The minimum Gasteiger partial charge on any atom is -0.465 e. The Hall–Kier alpha value is -0.890. The van der Waals surface area contributed by atoms with Gasteiger partial charge in [-0.25, -0.2) is 4.79 Å². The zero-order chi connectivity index (χ0) is 18.4. The third kappa shape index (κ3) is 3.27. The predicted molar refractivity (Wildman–Crippen MR) is 108 cm³/mol. The van der Waals surface area contributed by atoms with E-state index in [0.29, 0.717) is 33.1 Å². The molecule has 132 valence electrons. The molecule has 1 aliphatic carbocycles. The van der Waals surface area contributed by atoms with Crippen LogP contribution >= 0.6 is 54.8 Å². The van der Waals surface area contributed by atoms with Crippen LogP contribution < -0.4 is 5.32 Å². The molecule has 1 atom stereocenters. The van der Waals surface area contributed by atoms with Crippen molar-refractivity contribution in [2.75, 3.05) is 12.4 Å². The molecule has 3 rings (SSSR count). The fraction of sp³-hybridized carbons (Fsp3) is 0.294. The largest absolute Gasteiger partial charge is 0.465 e. The Morgan fingerprint density at radius 3 is 2.48 bits per heavy atom. The van der Waals surface area contributed by atoms with E-state index in [0.717, 1.165) is 0 Å². The second-order valence-electron chi connectivity index (χ2n) is 5.99. The van der Waals surface area contributed by atoms with E-state index in [1.807, 2.05) is 25.1 Å². The molecule has 1 aromatic carbocycles. The first kappa shape index (κ1) is 18.9. The lowest BCUT2D eigenvalue weighted by atomic mass is 10.0. The summed E-state index contributed by atoms with van der Waals surface area (Å²) in [4.78, 5) is 25.0. The summed E-state index contributed by atoms with van der Waals surface area (Å²) in [5, 5.41) is 5.65. The summed E-state index contributed by atoms with van der Waals surface area (Å²) in [6.45, 7) is 1.85. The molecule has 0 bridgehead atoms. The highest BCUT2D eigenvalue weighted by Gasteiger charge is 2.66. The maximum absolute atomic E-state index is 12.6. The molecule has 2 aromatic rings. The predicted octanol–water partition coefficient (Wildman–Crippen LogP) is 5.69. The maximum atomic E-state index is 12.6. The molecule has 0 unspecified atom stereocenters. The van der Waals surface area contributed by atoms with Gasteiger partial charge in [-0.15, -0.1) is 11.3 Å². The summed E-state index contributed by atoms with van der Waals surface area (Å²) in [5.41, 5.74) is 1.08. The van der Waals surface area contributed by atoms with Crippen LogP contribution in [0.25, 0.3) is 11.1 Å². The number of halogens is 3. The number of methoxy groups -OCH3 is 1. The molecule has 0 radical (unpaired) electrons. The standard InChI is InChI=1S/C17H14Br2ClNO3S/c1-16(8-17(16,18)19)15(23)21-13-12(14(22)24-2)10(7-25-13)9-5-3-4-6-11(9)20/h3-7H,8H2,1-2H3,(H,21,23)/t16-/m1/s1. The van der Waals surface area contributed by atoms with Crippen molar-refractivity contribution in [1.29, 1.82) is 0 Å². The van der Waals surface area contributed by atoms with Gasteiger partial charge in [-0.2, -0.15) is 0 Å². The van der Waals surface area contributed by atoms with Crippen LogP contribution in [0, 0.1) is 5.41 Å². The zero-order valence-corrected chi connectivity index (χ0v) is 18.1. The minimum absolute atomic E-state index is 0.168. The molecule has 1 aliphatic rings. The molecular formula is C17H14Br2ClNO3S. The van der Waals surface area contributed by atoms with Gasteiger partial charge in [-0.05, 0) is 19.4 Å². The van der Waals surface area contributed by atoms with Crippen LogP contribution in [0.4, 0.5) is 5.00 Å². The number of thiophene rings is 1. The zero-order valence-electron chi connectivity index (χ0n) is 13.4. The van der Waals surface area contributed by atoms with Gasteiger partial charge < -0.3 is 10.1 Å². The van der Waals surface area contributed by atoms with Crippen molar-refractivity contribution in [2.45, 2.75) is 16.6 Å². The average Bonchev–Trinajstić information content (AvgIpc) is 2.91. The van der Waals surface area contributed by atoms with Crippen molar-refractivity contribution in [3.63, 3.8) is 0 Å². The third-order valence-corrected chi connectivity index (χ3v) is 7.87. The first-order valence-corrected chi connectivity index (χ1v) is 10.2. The summed E-state index contributed by atoms with van der Waals surface area (Å²) >= 11 is 14.5. The number of anilines is 1. The van der Waals surface area contributed by atoms with E-state index in [-0.39, 0.29) is 5.91 Å². The molecule has 1 heterocycles. The van der Waals surface area contributed by atoms with E-state index in [1.165, 1.54) is 18.4 Å². The summed E-state index contributed by atoms with van der Waals surface area (Å²) in [6.07, 6.45) is 0.655. The highest BCUT2D eigenvalue weighted by molar-refractivity contribution is 9.25. The molecular weight excluding hydrogens is 494 g/mol. The van der Waals surface area contributed by atoms with E-state index in [9.17, 15) is 9.59 Å². The molecule has 0 saturated heterocycles. The summed E-state index contributed by atoms with van der Waals surface area (Å²) < 4.78 is 4.50. The topological polar surface area (TPSA) is 55.4 Å². The molecule has 8 heteroatoms. The highest BCUT2D eigenvalue weighted by atomic mass is 79.9. The van der Waals surface area contributed by atoms with Crippen LogP contribution in [-0.2, 0) is 9.53 Å². The van der Waals surface area contributed by atoms with Gasteiger partial charge in [-0.1, -0.05) is 61.7 Å². The van der Waals surface area contributed by atoms with Crippen molar-refractivity contribution in [1.82, 2.24) is 0 Å². The van der Waals surface area contributed by atoms with Gasteiger partial charge in [0.15, 0.2) is 0 Å². The Morgan fingerprint density at radius 2 is 1.92 bits per heavy atom. The number of carbonyl (C=O) groups is 2. The fourth-order valence-electron chi connectivity index (χ4n) is 2.52. The number of esters is 1. The van der Waals surface area contributed by atoms with E-state index in [4.69, 9.17) is 16.3 Å². The third-order valence-electron chi connectivity index (χ3n) is 4.33. The molecule has 1 N–H and O–H groups in total. The summed E-state index contributed by atoms with van der Waals surface area (Å²) in [7, 11) is 1.31. The number of alkyl halides is 2. The molecule has 4 nitrogen and oxygen atoms in total. The normalized spacial score (nSPS) is 20.8. The summed E-state index contributed by atoms with van der Waals surface area (Å²) in [6, 6.07) is 7.24. The second-order valence-corrected chi connectivity index (χ2v) is 11.1. The first-order chi connectivity index (χ1) is 11.7. The number of rotatable bonds is 4. The number of ether oxygens (including phenoxy) is 1. The number of nitrogens with one attached hydrogen (secondary N) is 1. The fourth-order valence-corrected chi connectivity index (χ4v) is 5.18. The Morgan fingerprint density at radius 1 is 1.28 bits per heavy atom. The smallest absolute Gasteiger partial charge is 0.341 e. The Balaban J connectivity index is 2.00. The van der Waals surface area contributed by atoms with Crippen LogP contribution in [-0.4, -0.2) is 22.2 Å². The van der Waals surface area contributed by atoms with Crippen LogP contribution in [0.2, 0.25) is 5.02 Å². The molecule has 25 heavy (non-hydrogen) atoms. The lowest BCUT2D eigenvalue weighted by Crippen LogP contribution is -2.26. The minimum atomic E-state index is -0.588. The first-order valence-electron chi connectivity index (χ1n) is 7.35. The number of hydrogen-bond acceptors (Lipinski definition) is 4. The lowest BCUT2D eigenvalue weighted by Gasteiger charge is -2.13. The lowest BCUT2D eigenvalue weighted by molar-refractivity contribution is -0.120. The van der Waals surface area contributed by atoms with E-state index in [1.54, 1.807) is 11.4 Å². The van der Waals surface area contributed by atoms with Crippen molar-refractivity contribution in [3.05, 3.63) is 40.2 Å². The highest BCUT2D eigenvalue weighted by Crippen LogP contribution is 2.66. The molecule has 1 saturated carbocycles. The van der Waals surface area contributed by atoms with Crippen molar-refractivity contribution < 1.29 is 14.3 Å². The van der Waals surface area contributed by atoms with E-state index >= 15 is 0 Å². The molecule has 0 spiro atoms. The molecule has 0 aliphatic heterocycles. The Kier molecular flexibility index (Phi) is 5.05. The van der Waals surface area contributed by atoms with Crippen molar-refractivity contribution in [3.8, 4) is 11.1 Å². The SMILES string of the molecule is COC(=O)c1c(-c2ccccc2Cl)csc1NC(=O)[C@@]1(C)CC1(Br)Br. The van der Waals surface area contributed by atoms with Gasteiger partial charge in [0.05, 0.1) is 15.8 Å². The number of hydrogen-bond donors (Lipinski definition) is 1. The molecule has 1 aromatic heterocycles. The second kappa shape index (κ2) is 6.68. The summed E-state index contributed by atoms with van der Waals surface area (Å²) in [5.74, 6) is -0.685. The van der Waals surface area contributed by atoms with Crippen LogP contribution in [0.3, 0.4) is 0 Å². The van der Waals surface area contributed by atoms with Crippen LogP contribution in [0.5, 0.6) is 0 Å². The van der Waals surface area contributed by atoms with E-state index < -0.39 is 14.6 Å². The van der Waals surface area contributed by atoms with Gasteiger partial charge in [0, 0.05) is 21.5 Å². The Bertz CT molecular complexity index is 867. The van der Waals surface area contributed by atoms with E-state index in [2.05, 4.69) is 37.2 Å². The van der Waals surface area contributed by atoms with Crippen LogP contribution in [0.15, 0.2) is 29.6 Å². The monoisotopic (exact) mass is 505 g/mol. The Labute approximate surface area is 171 Å². The number of benzene rings is 1. The molecule has 1 fully saturated rings. The number of amides is 1. The van der Waals surface area contributed by atoms with Crippen molar-refractivity contribution >= 4 is 71.7 Å².